The molecule has 1 saturated heterocycles. The average molecular weight is 281 g/mol. The number of ether oxygens (including phenoxy) is 1. The number of urea groups is 1. The Kier molecular flexibility index (Phi) is 5.24. The minimum absolute atomic E-state index is 0.200. The van der Waals surface area contributed by atoms with Crippen LogP contribution in [-0.4, -0.2) is 19.2 Å². The maximum Gasteiger partial charge on any atom is 0.319 e. The summed E-state index contributed by atoms with van der Waals surface area (Å²) in [5.41, 5.74) is 2.23. The number of halogens is 1. The van der Waals surface area contributed by atoms with Crippen molar-refractivity contribution < 1.29 is 9.53 Å². The second-order valence-electron chi connectivity index (χ2n) is 4.37. The van der Waals surface area contributed by atoms with E-state index in [0.29, 0.717) is 11.6 Å². The van der Waals surface area contributed by atoms with Gasteiger partial charge in [-0.1, -0.05) is 23.7 Å². The Balaban J connectivity index is 1.73. The van der Waals surface area contributed by atoms with Gasteiger partial charge >= 0.3 is 6.03 Å². The van der Waals surface area contributed by atoms with Crippen molar-refractivity contribution in [2.24, 2.45) is 0 Å². The summed E-state index contributed by atoms with van der Waals surface area (Å²) in [6.07, 6.45) is 3.55. The van der Waals surface area contributed by atoms with E-state index in [-0.39, 0.29) is 6.03 Å². The van der Waals surface area contributed by atoms with Gasteiger partial charge in [-0.05, 0) is 36.1 Å². The fraction of sp³-hybridized carbons (Fsp3) is 0.357. The molecular formula is C14H17ClN2O2. The molecule has 0 aromatic heterocycles. The predicted molar refractivity (Wildman–Crippen MR) is 75.0 cm³/mol. The van der Waals surface area contributed by atoms with E-state index < -0.39 is 0 Å². The summed E-state index contributed by atoms with van der Waals surface area (Å²) in [6, 6.07) is 7.19. The first-order valence-electron chi connectivity index (χ1n) is 6.28. The third kappa shape index (κ3) is 4.93. The number of benzene rings is 1. The summed E-state index contributed by atoms with van der Waals surface area (Å²) in [5.74, 6) is 0. The summed E-state index contributed by atoms with van der Waals surface area (Å²) in [5, 5.41) is 6.22. The summed E-state index contributed by atoms with van der Waals surface area (Å²) in [6.45, 7) is 1.95. The van der Waals surface area contributed by atoms with Gasteiger partial charge in [-0.3, -0.25) is 0 Å². The van der Waals surface area contributed by atoms with Gasteiger partial charge in [-0.2, -0.15) is 0 Å². The molecular weight excluding hydrogens is 264 g/mol. The highest BCUT2D eigenvalue weighted by atomic mass is 35.5. The summed E-state index contributed by atoms with van der Waals surface area (Å²) in [7, 11) is 0. The van der Waals surface area contributed by atoms with Crippen molar-refractivity contribution in [1.29, 1.82) is 0 Å². The number of carbonyl (C=O) groups is 1. The van der Waals surface area contributed by atoms with Crippen LogP contribution >= 0.6 is 11.6 Å². The lowest BCUT2D eigenvalue weighted by molar-refractivity contribution is 0.119. The number of carbonyl (C=O) groups excluding carboxylic acids is 1. The van der Waals surface area contributed by atoms with Crippen molar-refractivity contribution in [2.45, 2.75) is 19.4 Å². The van der Waals surface area contributed by atoms with E-state index in [0.717, 1.165) is 31.6 Å². The van der Waals surface area contributed by atoms with Gasteiger partial charge in [0.2, 0.25) is 0 Å². The molecule has 1 aromatic rings. The summed E-state index contributed by atoms with van der Waals surface area (Å²) in [4.78, 5) is 11.6. The van der Waals surface area contributed by atoms with Crippen LogP contribution in [0.1, 0.15) is 18.4 Å². The lowest BCUT2D eigenvalue weighted by atomic mass is 10.1. The Hall–Kier alpha value is -1.52. The Morgan fingerprint density at radius 3 is 2.63 bits per heavy atom. The van der Waals surface area contributed by atoms with Crippen LogP contribution < -0.4 is 10.6 Å². The highest BCUT2D eigenvalue weighted by molar-refractivity contribution is 6.30. The van der Waals surface area contributed by atoms with Crippen LogP contribution in [0.3, 0.4) is 0 Å². The zero-order valence-corrected chi connectivity index (χ0v) is 11.4. The molecule has 2 N–H and O–H groups in total. The molecule has 2 rings (SSSR count). The second kappa shape index (κ2) is 7.16. The molecule has 0 radical (unpaired) electrons. The highest BCUT2D eigenvalue weighted by Gasteiger charge is 2.05. The Labute approximate surface area is 117 Å². The monoisotopic (exact) mass is 280 g/mol. The predicted octanol–water partition coefficient (Wildman–Crippen LogP) is 2.83. The molecule has 19 heavy (non-hydrogen) atoms. The first-order valence-corrected chi connectivity index (χ1v) is 6.66. The lowest BCUT2D eigenvalue weighted by Gasteiger charge is -2.14. The molecule has 0 saturated carbocycles. The van der Waals surface area contributed by atoms with Gasteiger partial charge in [0.05, 0.1) is 13.2 Å². The minimum Gasteiger partial charge on any atom is -0.381 e. The number of amides is 2. The third-order valence-electron chi connectivity index (χ3n) is 2.91. The standard InChI is InChI=1S/C14H17ClN2O2/c15-13-3-1-11(2-4-13)9-16-14(18)17-10-12-5-7-19-8-6-12/h1-4,10H,5-9H2,(H2,16,17,18). The van der Waals surface area contributed by atoms with Crippen molar-refractivity contribution in [2.75, 3.05) is 13.2 Å². The van der Waals surface area contributed by atoms with E-state index in [4.69, 9.17) is 16.3 Å². The molecule has 0 aliphatic carbocycles. The minimum atomic E-state index is -0.200. The van der Waals surface area contributed by atoms with Crippen molar-refractivity contribution >= 4 is 17.6 Å². The van der Waals surface area contributed by atoms with Gasteiger partial charge in [-0.25, -0.2) is 4.79 Å². The molecule has 0 bridgehead atoms. The molecule has 0 spiro atoms. The molecule has 4 nitrogen and oxygen atoms in total. The smallest absolute Gasteiger partial charge is 0.319 e. The van der Waals surface area contributed by atoms with Crippen molar-refractivity contribution in [3.63, 3.8) is 0 Å². The van der Waals surface area contributed by atoms with E-state index in [1.54, 1.807) is 18.3 Å². The van der Waals surface area contributed by atoms with Crippen LogP contribution in [-0.2, 0) is 11.3 Å². The zero-order valence-electron chi connectivity index (χ0n) is 10.6. The molecule has 1 aliphatic rings. The number of nitrogens with one attached hydrogen (secondary N) is 2. The molecule has 1 heterocycles. The molecule has 1 aromatic carbocycles. The van der Waals surface area contributed by atoms with Crippen LogP contribution in [0.5, 0.6) is 0 Å². The largest absolute Gasteiger partial charge is 0.381 e. The van der Waals surface area contributed by atoms with Crippen LogP contribution in [0, 0.1) is 0 Å². The first-order chi connectivity index (χ1) is 9.24. The quantitative estimate of drug-likeness (QED) is 0.894. The molecule has 2 amide bonds. The van der Waals surface area contributed by atoms with Gasteiger partial charge in [0.25, 0.3) is 0 Å². The topological polar surface area (TPSA) is 50.4 Å². The van der Waals surface area contributed by atoms with Crippen LogP contribution in [0.25, 0.3) is 0 Å². The second-order valence-corrected chi connectivity index (χ2v) is 4.80. The fourth-order valence-electron chi connectivity index (χ4n) is 1.78. The third-order valence-corrected chi connectivity index (χ3v) is 3.16. The van der Waals surface area contributed by atoms with Gasteiger partial charge in [-0.15, -0.1) is 0 Å². The first kappa shape index (κ1) is 13.9. The Bertz CT molecular complexity index is 449. The Morgan fingerprint density at radius 2 is 1.95 bits per heavy atom. The average Bonchev–Trinajstić information content (AvgIpc) is 2.45. The SMILES string of the molecule is O=C(NC=C1CCOCC1)NCc1ccc(Cl)cc1. The summed E-state index contributed by atoms with van der Waals surface area (Å²) >= 11 is 5.79. The van der Waals surface area contributed by atoms with Gasteiger partial charge in [0, 0.05) is 17.8 Å². The number of hydrogen-bond donors (Lipinski definition) is 2. The van der Waals surface area contributed by atoms with Crippen LogP contribution in [0.4, 0.5) is 4.79 Å². The molecule has 1 fully saturated rings. The van der Waals surface area contributed by atoms with Gasteiger partial charge in [0.15, 0.2) is 0 Å². The maximum absolute atomic E-state index is 11.6. The van der Waals surface area contributed by atoms with E-state index in [1.807, 2.05) is 12.1 Å². The van der Waals surface area contributed by atoms with E-state index in [2.05, 4.69) is 10.6 Å². The molecule has 102 valence electrons. The van der Waals surface area contributed by atoms with Gasteiger partial charge in [0.1, 0.15) is 0 Å². The van der Waals surface area contributed by atoms with E-state index in [1.165, 1.54) is 5.57 Å². The number of hydrogen-bond acceptors (Lipinski definition) is 2. The van der Waals surface area contributed by atoms with Crippen molar-refractivity contribution in [3.8, 4) is 0 Å². The van der Waals surface area contributed by atoms with Crippen LogP contribution in [0.15, 0.2) is 36.0 Å². The van der Waals surface area contributed by atoms with Gasteiger partial charge < -0.3 is 15.4 Å². The van der Waals surface area contributed by atoms with Crippen molar-refractivity contribution in [3.05, 3.63) is 46.6 Å². The maximum atomic E-state index is 11.6. The summed E-state index contributed by atoms with van der Waals surface area (Å²) < 4.78 is 5.24. The van der Waals surface area contributed by atoms with E-state index in [9.17, 15) is 4.79 Å². The van der Waals surface area contributed by atoms with Crippen LogP contribution in [0.2, 0.25) is 5.02 Å². The highest BCUT2D eigenvalue weighted by Crippen LogP contribution is 2.11. The molecule has 5 heteroatoms. The fourth-order valence-corrected chi connectivity index (χ4v) is 1.91. The van der Waals surface area contributed by atoms with Crippen molar-refractivity contribution in [1.82, 2.24) is 10.6 Å². The normalized spacial score (nSPS) is 14.9. The zero-order chi connectivity index (χ0) is 13.5. The molecule has 0 atom stereocenters. The number of rotatable bonds is 3. The Morgan fingerprint density at radius 1 is 1.26 bits per heavy atom. The lowest BCUT2D eigenvalue weighted by Crippen LogP contribution is -2.32. The molecule has 1 aliphatic heterocycles. The molecule has 0 unspecified atom stereocenters. The van der Waals surface area contributed by atoms with E-state index >= 15 is 0 Å².